The number of aromatic amines is 1. The van der Waals surface area contributed by atoms with Crippen LogP contribution in [0.4, 0.5) is 4.39 Å². The molecule has 156 valence electrons. The Balaban J connectivity index is 1.38. The van der Waals surface area contributed by atoms with Crippen LogP contribution in [0.2, 0.25) is 0 Å². The summed E-state index contributed by atoms with van der Waals surface area (Å²) >= 11 is 0. The molecule has 2 unspecified atom stereocenters. The van der Waals surface area contributed by atoms with Crippen LogP contribution in [0.25, 0.3) is 10.9 Å². The zero-order valence-electron chi connectivity index (χ0n) is 17.1. The molecule has 0 radical (unpaired) electrons. The summed E-state index contributed by atoms with van der Waals surface area (Å²) in [6.45, 7) is 6.89. The maximum absolute atomic E-state index is 14.0. The molecule has 6 nitrogen and oxygen atoms in total. The maximum atomic E-state index is 14.0. The van der Waals surface area contributed by atoms with Crippen molar-refractivity contribution in [1.82, 2.24) is 20.1 Å². The van der Waals surface area contributed by atoms with Gasteiger partial charge in [-0.3, -0.25) is 14.5 Å². The molecule has 2 heterocycles. The summed E-state index contributed by atoms with van der Waals surface area (Å²) in [5.41, 5.74) is 1.74. The smallest absolute Gasteiger partial charge is 0.267 e. The minimum Gasteiger partial charge on any atom is -0.348 e. The van der Waals surface area contributed by atoms with Crippen molar-refractivity contribution in [2.24, 2.45) is 0 Å². The molecule has 2 aliphatic rings. The van der Waals surface area contributed by atoms with Crippen molar-refractivity contribution in [2.75, 3.05) is 26.2 Å². The summed E-state index contributed by atoms with van der Waals surface area (Å²) in [5.74, 6) is -0.373. The molecule has 0 bridgehead atoms. The van der Waals surface area contributed by atoms with E-state index in [1.165, 1.54) is 6.07 Å². The number of H-pyrrole nitrogens is 1. The van der Waals surface area contributed by atoms with Crippen molar-refractivity contribution in [3.8, 4) is 0 Å². The van der Waals surface area contributed by atoms with Crippen molar-refractivity contribution >= 4 is 22.7 Å². The first kappa shape index (κ1) is 19.9. The van der Waals surface area contributed by atoms with Crippen molar-refractivity contribution in [3.63, 3.8) is 0 Å². The molecule has 0 spiro atoms. The van der Waals surface area contributed by atoms with Gasteiger partial charge < -0.3 is 15.2 Å². The van der Waals surface area contributed by atoms with E-state index in [0.717, 1.165) is 62.8 Å². The van der Waals surface area contributed by atoms with Crippen LogP contribution in [0.15, 0.2) is 18.2 Å². The van der Waals surface area contributed by atoms with Gasteiger partial charge in [0.05, 0.1) is 5.52 Å². The average Bonchev–Trinajstić information content (AvgIpc) is 3.18. The van der Waals surface area contributed by atoms with Crippen LogP contribution in [0.5, 0.6) is 0 Å². The van der Waals surface area contributed by atoms with Crippen molar-refractivity contribution in [2.45, 2.75) is 51.6 Å². The molecule has 1 saturated carbocycles. The Kier molecular flexibility index (Phi) is 5.58. The number of fused-ring (bicyclic) bond motifs is 1. The van der Waals surface area contributed by atoms with Crippen LogP contribution < -0.4 is 5.32 Å². The molecule has 2 amide bonds. The van der Waals surface area contributed by atoms with E-state index in [4.69, 9.17) is 0 Å². The van der Waals surface area contributed by atoms with Gasteiger partial charge in [-0.25, -0.2) is 4.39 Å². The molecule has 2 N–H and O–H groups in total. The maximum Gasteiger partial charge on any atom is 0.267 e. The van der Waals surface area contributed by atoms with Gasteiger partial charge >= 0.3 is 0 Å². The number of carbonyl (C=O) groups excluding carboxylic acids is 2. The van der Waals surface area contributed by atoms with Gasteiger partial charge in [-0.1, -0.05) is 6.07 Å². The number of aromatic nitrogens is 1. The monoisotopic (exact) mass is 400 g/mol. The Hall–Kier alpha value is -2.41. The third-order valence-corrected chi connectivity index (χ3v) is 6.46. The second kappa shape index (κ2) is 8.14. The Bertz CT molecular complexity index is 878. The number of carbonyl (C=O) groups is 2. The zero-order valence-corrected chi connectivity index (χ0v) is 17.1. The minimum absolute atomic E-state index is 0.115. The molecule has 1 aliphatic carbocycles. The molecule has 7 heteroatoms. The fourth-order valence-corrected chi connectivity index (χ4v) is 4.74. The Morgan fingerprint density at radius 1 is 1.17 bits per heavy atom. The number of hydrogen-bond acceptors (Lipinski definition) is 3. The number of piperazine rings is 1. The molecule has 2 fully saturated rings. The lowest BCUT2D eigenvalue weighted by Gasteiger charge is -2.42. The molecule has 1 aliphatic heterocycles. The van der Waals surface area contributed by atoms with Crippen molar-refractivity contribution < 1.29 is 14.0 Å². The van der Waals surface area contributed by atoms with Crippen molar-refractivity contribution in [1.29, 1.82) is 0 Å². The topological polar surface area (TPSA) is 68.4 Å². The van der Waals surface area contributed by atoms with E-state index >= 15 is 0 Å². The Morgan fingerprint density at radius 3 is 2.62 bits per heavy atom. The van der Waals surface area contributed by atoms with Crippen LogP contribution >= 0.6 is 0 Å². The van der Waals surface area contributed by atoms with Gasteiger partial charge in [-0.05, 0) is 50.3 Å². The largest absolute Gasteiger partial charge is 0.348 e. The van der Waals surface area contributed by atoms with Crippen LogP contribution in [-0.2, 0) is 4.79 Å². The standard InChI is InChI=1S/C22H29FN4O2/c1-14-6-7-19(23)21-18(14)13-20(25-21)22(29)24-16-4-3-5-17(12-16)27-10-8-26(9-11-27)15(2)28/h6-7,13,16-17,25H,3-5,8-12H2,1-2H3,(H,24,29). The molecule has 2 aromatic rings. The first-order valence-electron chi connectivity index (χ1n) is 10.5. The molecule has 4 rings (SSSR count). The molecule has 29 heavy (non-hydrogen) atoms. The van der Waals surface area contributed by atoms with Crippen LogP contribution in [0, 0.1) is 12.7 Å². The average molecular weight is 400 g/mol. The number of amides is 2. The van der Waals surface area contributed by atoms with E-state index in [1.807, 2.05) is 11.8 Å². The fraction of sp³-hybridized carbons (Fsp3) is 0.545. The molecular formula is C22H29FN4O2. The predicted molar refractivity (Wildman–Crippen MR) is 110 cm³/mol. The third-order valence-electron chi connectivity index (χ3n) is 6.46. The quantitative estimate of drug-likeness (QED) is 0.833. The summed E-state index contributed by atoms with van der Waals surface area (Å²) in [7, 11) is 0. The van der Waals surface area contributed by atoms with Crippen LogP contribution in [0.1, 0.15) is 48.7 Å². The van der Waals surface area contributed by atoms with Gasteiger partial charge in [-0.2, -0.15) is 0 Å². The van der Waals surface area contributed by atoms with E-state index in [-0.39, 0.29) is 23.7 Å². The Morgan fingerprint density at radius 2 is 1.93 bits per heavy atom. The molecule has 2 atom stereocenters. The van der Waals surface area contributed by atoms with Gasteiger partial charge in [0.2, 0.25) is 5.91 Å². The van der Waals surface area contributed by atoms with E-state index in [2.05, 4.69) is 15.2 Å². The molecule has 1 saturated heterocycles. The third kappa shape index (κ3) is 4.15. The SMILES string of the molecule is CC(=O)N1CCN(C2CCCC(NC(=O)c3cc4c(C)ccc(F)c4[nH]3)C2)CC1. The predicted octanol–water partition coefficient (Wildman–Crippen LogP) is 2.82. The first-order valence-corrected chi connectivity index (χ1v) is 10.5. The summed E-state index contributed by atoms with van der Waals surface area (Å²) in [4.78, 5) is 31.6. The number of aryl methyl sites for hydroxylation is 1. The number of hydrogen-bond donors (Lipinski definition) is 2. The lowest BCUT2D eigenvalue weighted by Crippen LogP contribution is -2.54. The van der Waals surface area contributed by atoms with Crippen LogP contribution in [0.3, 0.4) is 0 Å². The van der Waals surface area contributed by atoms with E-state index in [9.17, 15) is 14.0 Å². The number of benzene rings is 1. The lowest BCUT2D eigenvalue weighted by atomic mass is 9.89. The summed E-state index contributed by atoms with van der Waals surface area (Å²) < 4.78 is 14.0. The summed E-state index contributed by atoms with van der Waals surface area (Å²) in [6, 6.07) is 5.44. The van der Waals surface area contributed by atoms with Crippen molar-refractivity contribution in [3.05, 3.63) is 35.3 Å². The summed E-state index contributed by atoms with van der Waals surface area (Å²) in [5, 5.41) is 3.90. The second-order valence-corrected chi connectivity index (χ2v) is 8.37. The highest BCUT2D eigenvalue weighted by atomic mass is 19.1. The minimum atomic E-state index is -0.341. The highest BCUT2D eigenvalue weighted by Crippen LogP contribution is 2.26. The lowest BCUT2D eigenvalue weighted by molar-refractivity contribution is -0.131. The highest BCUT2D eigenvalue weighted by molar-refractivity contribution is 5.99. The highest BCUT2D eigenvalue weighted by Gasteiger charge is 2.30. The fourth-order valence-electron chi connectivity index (χ4n) is 4.74. The number of halogens is 1. The molecular weight excluding hydrogens is 371 g/mol. The van der Waals surface area contributed by atoms with Gasteiger partial charge in [0.25, 0.3) is 5.91 Å². The van der Waals surface area contributed by atoms with Gasteiger partial charge in [-0.15, -0.1) is 0 Å². The van der Waals surface area contributed by atoms with E-state index < -0.39 is 0 Å². The van der Waals surface area contributed by atoms with Gasteiger partial charge in [0.1, 0.15) is 11.5 Å². The normalized spacial score (nSPS) is 23.3. The number of rotatable bonds is 3. The van der Waals surface area contributed by atoms with Crippen LogP contribution in [-0.4, -0.2) is 64.9 Å². The summed E-state index contributed by atoms with van der Waals surface area (Å²) in [6.07, 6.45) is 4.08. The molecule has 1 aromatic carbocycles. The van der Waals surface area contributed by atoms with Gasteiger partial charge in [0.15, 0.2) is 0 Å². The van der Waals surface area contributed by atoms with E-state index in [0.29, 0.717) is 17.3 Å². The zero-order chi connectivity index (χ0) is 20.5. The van der Waals surface area contributed by atoms with Gasteiger partial charge in [0, 0.05) is 50.6 Å². The number of nitrogens with zero attached hydrogens (tertiary/aromatic N) is 2. The molecule has 1 aromatic heterocycles. The first-order chi connectivity index (χ1) is 13.9. The Labute approximate surface area is 170 Å². The number of nitrogens with one attached hydrogen (secondary N) is 2. The van der Waals surface area contributed by atoms with E-state index in [1.54, 1.807) is 19.1 Å². The second-order valence-electron chi connectivity index (χ2n) is 8.37.